The smallest absolute Gasteiger partial charge is 0.239 e. The van der Waals surface area contributed by atoms with Gasteiger partial charge in [0, 0.05) is 6.54 Å². The lowest BCUT2D eigenvalue weighted by atomic mass is 10.1. The summed E-state index contributed by atoms with van der Waals surface area (Å²) in [5.74, 6) is -0.381. The predicted octanol–water partition coefficient (Wildman–Crippen LogP) is 0.809. The van der Waals surface area contributed by atoms with Gasteiger partial charge in [0.05, 0.1) is 12.6 Å². The summed E-state index contributed by atoms with van der Waals surface area (Å²) in [5, 5.41) is 0. The zero-order chi connectivity index (χ0) is 9.84. The van der Waals surface area contributed by atoms with E-state index in [9.17, 15) is 9.18 Å². The maximum atomic E-state index is 12.8. The molecule has 0 aromatic heterocycles. The van der Waals surface area contributed by atoms with Gasteiger partial charge in [0.15, 0.2) is 0 Å². The largest absolute Gasteiger partial charge is 0.334 e. The molecule has 0 aromatic carbocycles. The third-order valence-electron chi connectivity index (χ3n) is 2.18. The Hall–Kier alpha value is -0.900. The van der Waals surface area contributed by atoms with Crippen molar-refractivity contribution in [1.29, 1.82) is 0 Å². The first-order valence-corrected chi connectivity index (χ1v) is 4.54. The summed E-state index contributed by atoms with van der Waals surface area (Å²) in [6, 6.07) is -0.481. The van der Waals surface area contributed by atoms with E-state index >= 15 is 0 Å². The van der Waals surface area contributed by atoms with Crippen LogP contribution < -0.4 is 5.73 Å². The van der Waals surface area contributed by atoms with Gasteiger partial charge >= 0.3 is 0 Å². The van der Waals surface area contributed by atoms with E-state index in [0.29, 0.717) is 19.4 Å². The molecule has 1 heterocycles. The fourth-order valence-corrected chi connectivity index (χ4v) is 1.30. The van der Waals surface area contributed by atoms with Crippen LogP contribution in [0.2, 0.25) is 0 Å². The van der Waals surface area contributed by atoms with E-state index in [4.69, 9.17) is 5.73 Å². The maximum Gasteiger partial charge on any atom is 0.239 e. The standard InChI is InChI=1S/C9H15FN2O/c1-2-8(11)9(13)12-5-3-4-7(10)6-12/h4,8H,2-3,5-6,11H2,1H3. The molecule has 2 N–H and O–H groups in total. The van der Waals surface area contributed by atoms with Crippen LogP contribution in [0.1, 0.15) is 19.8 Å². The second-order valence-corrected chi connectivity index (χ2v) is 3.21. The fraction of sp³-hybridized carbons (Fsp3) is 0.667. The third kappa shape index (κ3) is 2.52. The lowest BCUT2D eigenvalue weighted by molar-refractivity contribution is -0.132. The van der Waals surface area contributed by atoms with Crippen molar-refractivity contribution in [1.82, 2.24) is 4.90 Å². The Morgan fingerprint density at radius 2 is 2.54 bits per heavy atom. The van der Waals surface area contributed by atoms with Crippen LogP contribution in [0.15, 0.2) is 11.9 Å². The van der Waals surface area contributed by atoms with Gasteiger partial charge in [0.2, 0.25) is 5.91 Å². The fourth-order valence-electron chi connectivity index (χ4n) is 1.30. The summed E-state index contributed by atoms with van der Waals surface area (Å²) in [5.41, 5.74) is 5.56. The van der Waals surface area contributed by atoms with Crippen molar-refractivity contribution in [2.24, 2.45) is 5.73 Å². The molecule has 4 heteroatoms. The Balaban J connectivity index is 2.53. The SMILES string of the molecule is CCC(N)C(=O)N1CCC=C(F)C1. The number of carbonyl (C=O) groups excluding carboxylic acids is 1. The summed E-state index contributed by atoms with van der Waals surface area (Å²) < 4.78 is 12.8. The Morgan fingerprint density at radius 1 is 1.85 bits per heavy atom. The molecule has 74 valence electrons. The molecular formula is C9H15FN2O. The minimum atomic E-state index is -0.481. The van der Waals surface area contributed by atoms with Gasteiger partial charge in [-0.3, -0.25) is 4.79 Å². The van der Waals surface area contributed by atoms with E-state index in [1.165, 1.54) is 11.0 Å². The topological polar surface area (TPSA) is 46.3 Å². The first-order chi connectivity index (χ1) is 6.15. The summed E-state index contributed by atoms with van der Waals surface area (Å²) in [6.45, 7) is 2.52. The lowest BCUT2D eigenvalue weighted by Crippen LogP contribution is -2.45. The normalized spacial score (nSPS) is 19.6. The molecule has 1 unspecified atom stereocenters. The molecule has 0 aromatic rings. The van der Waals surface area contributed by atoms with Gasteiger partial charge in [-0.1, -0.05) is 6.92 Å². The average Bonchev–Trinajstić information content (AvgIpc) is 2.15. The van der Waals surface area contributed by atoms with Gasteiger partial charge < -0.3 is 10.6 Å². The molecule has 1 atom stereocenters. The second kappa shape index (κ2) is 4.37. The number of nitrogens with two attached hydrogens (primary N) is 1. The summed E-state index contributed by atoms with van der Waals surface area (Å²) in [6.07, 6.45) is 2.70. The Bertz CT molecular complexity index is 228. The number of hydrogen-bond donors (Lipinski definition) is 1. The molecule has 1 rings (SSSR count). The number of rotatable bonds is 2. The van der Waals surface area contributed by atoms with Gasteiger partial charge in [-0.25, -0.2) is 4.39 Å². The van der Waals surface area contributed by atoms with Crippen LogP contribution in [0, 0.1) is 0 Å². The maximum absolute atomic E-state index is 12.8. The van der Waals surface area contributed by atoms with Crippen molar-refractivity contribution in [2.75, 3.05) is 13.1 Å². The Morgan fingerprint density at radius 3 is 3.08 bits per heavy atom. The van der Waals surface area contributed by atoms with Gasteiger partial charge in [-0.05, 0) is 18.9 Å². The number of carbonyl (C=O) groups is 1. The minimum absolute atomic E-state index is 0.0898. The highest BCUT2D eigenvalue weighted by Gasteiger charge is 2.22. The molecule has 0 bridgehead atoms. The molecule has 0 saturated heterocycles. The average molecular weight is 186 g/mol. The van der Waals surface area contributed by atoms with E-state index in [2.05, 4.69) is 0 Å². The van der Waals surface area contributed by atoms with Crippen LogP contribution in [-0.4, -0.2) is 29.9 Å². The molecule has 3 nitrogen and oxygen atoms in total. The van der Waals surface area contributed by atoms with Gasteiger partial charge in [-0.15, -0.1) is 0 Å². The number of halogens is 1. The first kappa shape index (κ1) is 10.2. The third-order valence-corrected chi connectivity index (χ3v) is 2.18. The van der Waals surface area contributed by atoms with E-state index in [0.717, 1.165) is 0 Å². The highest BCUT2D eigenvalue weighted by atomic mass is 19.1. The molecule has 1 aliphatic rings. The first-order valence-electron chi connectivity index (χ1n) is 4.54. The van der Waals surface area contributed by atoms with Crippen LogP contribution in [0.5, 0.6) is 0 Å². The van der Waals surface area contributed by atoms with Crippen molar-refractivity contribution in [2.45, 2.75) is 25.8 Å². The monoisotopic (exact) mass is 186 g/mol. The van der Waals surface area contributed by atoms with Crippen LogP contribution in [-0.2, 0) is 4.79 Å². The predicted molar refractivity (Wildman–Crippen MR) is 48.7 cm³/mol. The molecular weight excluding hydrogens is 171 g/mol. The zero-order valence-electron chi connectivity index (χ0n) is 7.79. The van der Waals surface area contributed by atoms with Crippen LogP contribution in [0.3, 0.4) is 0 Å². The van der Waals surface area contributed by atoms with Crippen LogP contribution in [0.25, 0.3) is 0 Å². The zero-order valence-corrected chi connectivity index (χ0v) is 7.79. The quantitative estimate of drug-likeness (QED) is 0.693. The minimum Gasteiger partial charge on any atom is -0.334 e. The molecule has 0 saturated carbocycles. The molecule has 0 aliphatic carbocycles. The molecule has 1 amide bonds. The summed E-state index contributed by atoms with van der Waals surface area (Å²) >= 11 is 0. The number of amides is 1. The van der Waals surface area contributed by atoms with Crippen LogP contribution >= 0.6 is 0 Å². The number of hydrogen-bond acceptors (Lipinski definition) is 2. The molecule has 1 aliphatic heterocycles. The van der Waals surface area contributed by atoms with Crippen molar-refractivity contribution < 1.29 is 9.18 Å². The van der Waals surface area contributed by atoms with Crippen molar-refractivity contribution >= 4 is 5.91 Å². The Kier molecular flexibility index (Phi) is 3.42. The molecule has 0 radical (unpaired) electrons. The molecule has 0 spiro atoms. The van der Waals surface area contributed by atoms with Crippen LogP contribution in [0.4, 0.5) is 4.39 Å². The molecule has 13 heavy (non-hydrogen) atoms. The molecule has 0 fully saturated rings. The van der Waals surface area contributed by atoms with Crippen molar-refractivity contribution in [3.63, 3.8) is 0 Å². The number of nitrogens with zero attached hydrogens (tertiary/aromatic N) is 1. The lowest BCUT2D eigenvalue weighted by Gasteiger charge is -2.26. The van der Waals surface area contributed by atoms with E-state index in [1.54, 1.807) is 0 Å². The van der Waals surface area contributed by atoms with E-state index in [-0.39, 0.29) is 18.3 Å². The van der Waals surface area contributed by atoms with Gasteiger partial charge in [0.25, 0.3) is 0 Å². The highest BCUT2D eigenvalue weighted by Crippen LogP contribution is 2.11. The second-order valence-electron chi connectivity index (χ2n) is 3.21. The van der Waals surface area contributed by atoms with E-state index < -0.39 is 6.04 Å². The Labute approximate surface area is 77.4 Å². The van der Waals surface area contributed by atoms with Crippen molar-refractivity contribution in [3.8, 4) is 0 Å². The summed E-state index contributed by atoms with van der Waals surface area (Å²) in [7, 11) is 0. The van der Waals surface area contributed by atoms with Crippen molar-refractivity contribution in [3.05, 3.63) is 11.9 Å². The highest BCUT2D eigenvalue weighted by molar-refractivity contribution is 5.81. The summed E-state index contributed by atoms with van der Waals surface area (Å²) in [4.78, 5) is 13.0. The van der Waals surface area contributed by atoms with Gasteiger partial charge in [-0.2, -0.15) is 0 Å². The van der Waals surface area contributed by atoms with E-state index in [1.807, 2.05) is 6.92 Å². The van der Waals surface area contributed by atoms with Gasteiger partial charge in [0.1, 0.15) is 5.83 Å².